The first-order valence-electron chi connectivity index (χ1n) is 6.78. The third kappa shape index (κ3) is 4.31. The summed E-state index contributed by atoms with van der Waals surface area (Å²) in [6, 6.07) is -0.204. The Bertz CT molecular complexity index is 415. The van der Waals surface area contributed by atoms with E-state index in [1.807, 2.05) is 27.7 Å². The van der Waals surface area contributed by atoms with Gasteiger partial charge in [0.05, 0.1) is 13.7 Å². The molecule has 0 fully saturated rings. The zero-order chi connectivity index (χ0) is 14.4. The Morgan fingerprint density at radius 2 is 2.05 bits per heavy atom. The van der Waals surface area contributed by atoms with Crippen LogP contribution < -0.4 is 5.32 Å². The molecule has 0 aliphatic carbocycles. The van der Waals surface area contributed by atoms with Crippen LogP contribution in [0.2, 0.25) is 0 Å². The van der Waals surface area contributed by atoms with E-state index < -0.39 is 6.04 Å². The fourth-order valence-corrected chi connectivity index (χ4v) is 1.90. The van der Waals surface area contributed by atoms with Crippen LogP contribution in [0.25, 0.3) is 0 Å². The van der Waals surface area contributed by atoms with Gasteiger partial charge >= 0.3 is 5.97 Å². The van der Waals surface area contributed by atoms with Crippen LogP contribution in [0.15, 0.2) is 0 Å². The number of methoxy groups -OCH3 is 1. The van der Waals surface area contributed by atoms with Crippen molar-refractivity contribution >= 4 is 5.97 Å². The Labute approximate surface area is 114 Å². The van der Waals surface area contributed by atoms with Gasteiger partial charge in [-0.3, -0.25) is 4.79 Å². The average molecular weight is 268 g/mol. The minimum absolute atomic E-state index is 0.198. The van der Waals surface area contributed by atoms with Gasteiger partial charge in [0.15, 0.2) is 5.82 Å². The molecule has 1 aromatic rings. The van der Waals surface area contributed by atoms with Crippen molar-refractivity contribution in [2.45, 2.75) is 59.2 Å². The van der Waals surface area contributed by atoms with Crippen LogP contribution in [-0.4, -0.2) is 39.9 Å². The number of hydrogen-bond donors (Lipinski definition) is 1. The van der Waals surface area contributed by atoms with Gasteiger partial charge < -0.3 is 10.1 Å². The predicted octanol–water partition coefficient (Wildman–Crippen LogP) is 0.942. The van der Waals surface area contributed by atoms with Crippen LogP contribution in [-0.2, 0) is 28.9 Å². The molecule has 0 aliphatic heterocycles. The highest BCUT2D eigenvalue weighted by Crippen LogP contribution is 2.04. The van der Waals surface area contributed by atoms with Crippen LogP contribution in [0.4, 0.5) is 0 Å². The van der Waals surface area contributed by atoms with E-state index in [1.165, 1.54) is 7.11 Å². The van der Waals surface area contributed by atoms with Crippen LogP contribution >= 0.6 is 0 Å². The summed E-state index contributed by atoms with van der Waals surface area (Å²) in [5, 5.41) is 7.62. The second kappa shape index (κ2) is 7.23. The monoisotopic (exact) mass is 268 g/mol. The molecule has 0 saturated heterocycles. The second-order valence-electron chi connectivity index (χ2n) is 4.73. The maximum Gasteiger partial charge on any atom is 0.324 e. The van der Waals surface area contributed by atoms with Gasteiger partial charge in [0, 0.05) is 18.9 Å². The molecule has 6 heteroatoms. The smallest absolute Gasteiger partial charge is 0.324 e. The predicted molar refractivity (Wildman–Crippen MR) is 72.9 cm³/mol. The third-order valence-electron chi connectivity index (χ3n) is 2.80. The molecular weight excluding hydrogens is 244 g/mol. The summed E-state index contributed by atoms with van der Waals surface area (Å²) in [4.78, 5) is 16.2. The topological polar surface area (TPSA) is 69.0 Å². The second-order valence-corrected chi connectivity index (χ2v) is 4.73. The standard InChI is InChI=1S/C13H24N4O2/c1-6-11-15-12(7-2)17(16-11)8-10(13(18)19-5)14-9(3)4/h9-10,14H,6-8H2,1-5H3. The Hall–Kier alpha value is -1.43. The third-order valence-corrected chi connectivity index (χ3v) is 2.80. The fourth-order valence-electron chi connectivity index (χ4n) is 1.90. The van der Waals surface area contributed by atoms with E-state index in [1.54, 1.807) is 4.68 Å². The number of esters is 1. The Morgan fingerprint density at radius 3 is 2.53 bits per heavy atom. The van der Waals surface area contributed by atoms with E-state index in [4.69, 9.17) is 4.74 Å². The van der Waals surface area contributed by atoms with Crippen LogP contribution in [0.3, 0.4) is 0 Å². The van der Waals surface area contributed by atoms with Crippen molar-refractivity contribution in [2.75, 3.05) is 7.11 Å². The normalized spacial score (nSPS) is 12.7. The highest BCUT2D eigenvalue weighted by atomic mass is 16.5. The molecule has 0 bridgehead atoms. The van der Waals surface area contributed by atoms with E-state index in [0.29, 0.717) is 6.54 Å². The van der Waals surface area contributed by atoms with Gasteiger partial charge in [-0.1, -0.05) is 27.7 Å². The molecule has 0 saturated carbocycles. The van der Waals surface area contributed by atoms with Crippen molar-refractivity contribution in [2.24, 2.45) is 0 Å². The molecule has 108 valence electrons. The number of nitrogens with one attached hydrogen (secondary N) is 1. The molecule has 0 radical (unpaired) electrons. The quantitative estimate of drug-likeness (QED) is 0.745. The van der Waals surface area contributed by atoms with Crippen LogP contribution in [0.5, 0.6) is 0 Å². The van der Waals surface area contributed by atoms with E-state index in [9.17, 15) is 4.79 Å². The molecule has 6 nitrogen and oxygen atoms in total. The first-order valence-corrected chi connectivity index (χ1v) is 6.78. The molecule has 1 atom stereocenters. The summed E-state index contributed by atoms with van der Waals surface area (Å²) >= 11 is 0. The Kier molecular flexibility index (Phi) is 5.95. The lowest BCUT2D eigenvalue weighted by Gasteiger charge is -2.19. The Morgan fingerprint density at radius 1 is 1.37 bits per heavy atom. The van der Waals surface area contributed by atoms with Crippen LogP contribution in [0, 0.1) is 0 Å². The zero-order valence-corrected chi connectivity index (χ0v) is 12.4. The summed E-state index contributed by atoms with van der Waals surface area (Å²) in [6.07, 6.45) is 1.59. The van der Waals surface area contributed by atoms with Gasteiger partial charge in [0.25, 0.3) is 0 Å². The summed E-state index contributed by atoms with van der Waals surface area (Å²) < 4.78 is 6.63. The molecule has 1 rings (SSSR count). The van der Waals surface area contributed by atoms with Gasteiger partial charge in [-0.05, 0) is 0 Å². The molecule has 0 amide bonds. The number of aryl methyl sites for hydroxylation is 2. The van der Waals surface area contributed by atoms with E-state index in [0.717, 1.165) is 24.5 Å². The van der Waals surface area contributed by atoms with Gasteiger partial charge in [0.2, 0.25) is 0 Å². The van der Waals surface area contributed by atoms with E-state index in [2.05, 4.69) is 15.4 Å². The number of nitrogens with zero attached hydrogens (tertiary/aromatic N) is 3. The maximum atomic E-state index is 11.8. The number of ether oxygens (including phenoxy) is 1. The lowest BCUT2D eigenvalue weighted by atomic mass is 10.2. The maximum absolute atomic E-state index is 11.8. The number of hydrogen-bond acceptors (Lipinski definition) is 5. The summed E-state index contributed by atoms with van der Waals surface area (Å²) in [7, 11) is 1.40. The summed E-state index contributed by atoms with van der Waals surface area (Å²) in [6.45, 7) is 8.48. The lowest BCUT2D eigenvalue weighted by Crippen LogP contribution is -2.44. The average Bonchev–Trinajstić information content (AvgIpc) is 2.78. The van der Waals surface area contributed by atoms with Gasteiger partial charge in [-0.2, -0.15) is 5.10 Å². The van der Waals surface area contributed by atoms with Gasteiger partial charge in [-0.15, -0.1) is 0 Å². The molecule has 1 aromatic heterocycles. The molecule has 0 aliphatic rings. The van der Waals surface area contributed by atoms with E-state index in [-0.39, 0.29) is 12.0 Å². The van der Waals surface area contributed by atoms with Crippen molar-refractivity contribution < 1.29 is 9.53 Å². The summed E-state index contributed by atoms with van der Waals surface area (Å²) in [5.74, 6) is 1.44. The largest absolute Gasteiger partial charge is 0.468 e. The first-order chi connectivity index (χ1) is 9.01. The van der Waals surface area contributed by atoms with Crippen molar-refractivity contribution in [3.05, 3.63) is 11.6 Å². The molecule has 19 heavy (non-hydrogen) atoms. The van der Waals surface area contributed by atoms with Crippen molar-refractivity contribution in [1.82, 2.24) is 20.1 Å². The SMILES string of the molecule is CCc1nc(CC)n(CC(NC(C)C)C(=O)OC)n1. The van der Waals surface area contributed by atoms with Crippen molar-refractivity contribution in [3.8, 4) is 0 Å². The fraction of sp³-hybridized carbons (Fsp3) is 0.769. The van der Waals surface area contributed by atoms with Crippen LogP contribution in [0.1, 0.15) is 39.3 Å². The molecule has 1 N–H and O–H groups in total. The minimum atomic E-state index is -0.401. The molecule has 1 unspecified atom stereocenters. The molecule has 0 aromatic carbocycles. The zero-order valence-electron chi connectivity index (χ0n) is 12.4. The van der Waals surface area contributed by atoms with E-state index >= 15 is 0 Å². The highest BCUT2D eigenvalue weighted by molar-refractivity contribution is 5.75. The number of carbonyl (C=O) groups excluding carboxylic acids is 1. The molecular formula is C13H24N4O2. The number of rotatable bonds is 7. The van der Waals surface area contributed by atoms with Gasteiger partial charge in [0.1, 0.15) is 11.9 Å². The molecule has 0 spiro atoms. The van der Waals surface area contributed by atoms with Gasteiger partial charge in [-0.25, -0.2) is 9.67 Å². The first kappa shape index (κ1) is 15.6. The number of aromatic nitrogens is 3. The Balaban J connectivity index is 2.88. The highest BCUT2D eigenvalue weighted by Gasteiger charge is 2.22. The summed E-state index contributed by atoms with van der Waals surface area (Å²) in [5.41, 5.74) is 0. The van der Waals surface area contributed by atoms with Crippen molar-refractivity contribution in [1.29, 1.82) is 0 Å². The number of carbonyl (C=O) groups is 1. The minimum Gasteiger partial charge on any atom is -0.468 e. The van der Waals surface area contributed by atoms with Crippen molar-refractivity contribution in [3.63, 3.8) is 0 Å². The lowest BCUT2D eigenvalue weighted by molar-refractivity contribution is -0.143. The molecule has 1 heterocycles.